The third kappa shape index (κ3) is 5.50. The molecule has 3 aromatic carbocycles. The first-order valence-corrected chi connectivity index (χ1v) is 11.8. The molecule has 0 radical (unpaired) electrons. The Morgan fingerprint density at radius 1 is 0.886 bits per heavy atom. The van der Waals surface area contributed by atoms with Crippen molar-refractivity contribution in [3.05, 3.63) is 107 Å². The van der Waals surface area contributed by atoms with Crippen LogP contribution in [0, 0.1) is 36.1 Å². The van der Waals surface area contributed by atoms with E-state index in [0.29, 0.717) is 36.8 Å². The lowest BCUT2D eigenvalue weighted by molar-refractivity contribution is 0.332. The summed E-state index contributed by atoms with van der Waals surface area (Å²) in [7, 11) is 0. The van der Waals surface area contributed by atoms with Gasteiger partial charge in [-0.15, -0.1) is 0 Å². The third-order valence-electron chi connectivity index (χ3n) is 6.62. The van der Waals surface area contributed by atoms with E-state index in [1.54, 1.807) is 24.3 Å². The first-order valence-electron chi connectivity index (χ1n) is 11.8. The Morgan fingerprint density at radius 2 is 1.60 bits per heavy atom. The summed E-state index contributed by atoms with van der Waals surface area (Å²) in [5.74, 6) is -3.41. The van der Waals surface area contributed by atoms with Crippen LogP contribution in [0.2, 0.25) is 0 Å². The van der Waals surface area contributed by atoms with Gasteiger partial charge in [-0.1, -0.05) is 60.7 Å². The highest BCUT2D eigenvalue weighted by Crippen LogP contribution is 2.36. The molecule has 182 valence electrons. The summed E-state index contributed by atoms with van der Waals surface area (Å²) in [6.45, 7) is 5.54. The second-order valence-corrected chi connectivity index (χ2v) is 9.01. The van der Waals surface area contributed by atoms with E-state index >= 15 is 0 Å². The quantitative estimate of drug-likeness (QED) is 0.232. The van der Waals surface area contributed by atoms with Crippen molar-refractivity contribution in [2.24, 2.45) is 5.92 Å². The Balaban J connectivity index is 1.40. The van der Waals surface area contributed by atoms with Crippen molar-refractivity contribution in [2.45, 2.75) is 39.0 Å². The van der Waals surface area contributed by atoms with E-state index in [1.807, 2.05) is 25.1 Å². The first-order chi connectivity index (χ1) is 16.9. The monoisotopic (exact) mass is 480 g/mol. The largest absolute Gasteiger partial charge is 0.486 e. The van der Waals surface area contributed by atoms with Gasteiger partial charge in [0, 0.05) is 11.1 Å². The van der Waals surface area contributed by atoms with Gasteiger partial charge in [-0.25, -0.2) is 13.2 Å². The van der Waals surface area contributed by atoms with Crippen molar-refractivity contribution in [3.8, 4) is 16.9 Å². The number of halogens is 4. The molecule has 1 atom stereocenters. The van der Waals surface area contributed by atoms with Crippen LogP contribution < -0.4 is 4.74 Å². The summed E-state index contributed by atoms with van der Waals surface area (Å²) < 4.78 is 63.6. The van der Waals surface area contributed by atoms with Crippen LogP contribution in [0.4, 0.5) is 17.6 Å². The highest BCUT2D eigenvalue weighted by Gasteiger charge is 2.22. The minimum Gasteiger partial charge on any atom is -0.486 e. The minimum atomic E-state index is -1.00. The second kappa shape index (κ2) is 10.9. The zero-order valence-electron chi connectivity index (χ0n) is 19.7. The van der Waals surface area contributed by atoms with E-state index in [2.05, 4.69) is 6.58 Å². The first kappa shape index (κ1) is 24.8. The number of aryl methyl sites for hydroxylation is 2. The van der Waals surface area contributed by atoms with Crippen molar-refractivity contribution in [1.82, 2.24) is 0 Å². The van der Waals surface area contributed by atoms with Crippen LogP contribution in [0.1, 0.15) is 42.4 Å². The van der Waals surface area contributed by atoms with Crippen LogP contribution in [-0.2, 0) is 6.42 Å². The van der Waals surface area contributed by atoms with Gasteiger partial charge in [-0.3, -0.25) is 0 Å². The smallest absolute Gasteiger partial charge is 0.201 e. The number of ether oxygens (including phenoxy) is 1. The van der Waals surface area contributed by atoms with Crippen LogP contribution in [0.15, 0.2) is 67.3 Å². The van der Waals surface area contributed by atoms with Gasteiger partial charge in [-0.05, 0) is 73.8 Å². The van der Waals surface area contributed by atoms with Crippen LogP contribution in [0.5, 0.6) is 5.75 Å². The number of hydrogen-bond acceptors (Lipinski definition) is 1. The van der Waals surface area contributed by atoms with Crippen LogP contribution in [0.25, 0.3) is 16.7 Å². The van der Waals surface area contributed by atoms with Gasteiger partial charge in [0.05, 0.1) is 0 Å². The standard InChI is InChI=1S/C30H28F4O/c1-3-18-35-26-17-16-25(29(33)30(26)34)22-11-6-20(7-12-22)8-13-23-14-15-24(28(32)27(23)31)21-9-4-19(2)5-10-21/h3-5,9-11,14-17,20H,1,6-8,12-13,18H2,2H3. The summed E-state index contributed by atoms with van der Waals surface area (Å²) in [6, 6.07) is 13.6. The fourth-order valence-electron chi connectivity index (χ4n) is 4.53. The molecule has 0 fully saturated rings. The molecule has 0 saturated heterocycles. The summed E-state index contributed by atoms with van der Waals surface area (Å²) in [6.07, 6.45) is 6.54. The summed E-state index contributed by atoms with van der Waals surface area (Å²) in [5, 5.41) is 0. The Kier molecular flexibility index (Phi) is 7.74. The van der Waals surface area contributed by atoms with Gasteiger partial charge in [-0.2, -0.15) is 4.39 Å². The lowest BCUT2D eigenvalue weighted by Crippen LogP contribution is -2.09. The highest BCUT2D eigenvalue weighted by atomic mass is 19.2. The van der Waals surface area contributed by atoms with E-state index < -0.39 is 23.3 Å². The minimum absolute atomic E-state index is 0.0965. The van der Waals surface area contributed by atoms with Crippen molar-refractivity contribution in [1.29, 1.82) is 0 Å². The fourth-order valence-corrected chi connectivity index (χ4v) is 4.53. The average Bonchev–Trinajstić information content (AvgIpc) is 2.87. The molecule has 1 aliphatic carbocycles. The Bertz CT molecular complexity index is 1240. The van der Waals surface area contributed by atoms with E-state index in [0.717, 1.165) is 17.6 Å². The van der Waals surface area contributed by atoms with Crippen molar-refractivity contribution in [2.75, 3.05) is 6.61 Å². The third-order valence-corrected chi connectivity index (χ3v) is 6.62. The molecule has 1 aliphatic rings. The van der Waals surface area contributed by atoms with Crippen LogP contribution in [0.3, 0.4) is 0 Å². The molecule has 0 bridgehead atoms. The molecule has 3 aromatic rings. The predicted molar refractivity (Wildman–Crippen MR) is 132 cm³/mol. The van der Waals surface area contributed by atoms with Crippen LogP contribution >= 0.6 is 0 Å². The fraction of sp³-hybridized carbons (Fsp3) is 0.267. The van der Waals surface area contributed by atoms with Crippen LogP contribution in [-0.4, -0.2) is 6.61 Å². The van der Waals surface area contributed by atoms with Gasteiger partial charge >= 0.3 is 0 Å². The Morgan fingerprint density at radius 3 is 2.29 bits per heavy atom. The van der Waals surface area contributed by atoms with Gasteiger partial charge in [0.2, 0.25) is 5.82 Å². The summed E-state index contributed by atoms with van der Waals surface area (Å²) >= 11 is 0. The number of rotatable bonds is 8. The molecule has 5 heteroatoms. The molecule has 0 aliphatic heterocycles. The predicted octanol–water partition coefficient (Wildman–Crippen LogP) is 8.60. The van der Waals surface area contributed by atoms with Gasteiger partial charge in [0.1, 0.15) is 6.61 Å². The molecule has 35 heavy (non-hydrogen) atoms. The molecular formula is C30H28F4O. The molecule has 0 heterocycles. The highest BCUT2D eigenvalue weighted by molar-refractivity contribution is 5.68. The zero-order valence-corrected chi connectivity index (χ0v) is 19.7. The second-order valence-electron chi connectivity index (χ2n) is 9.01. The van der Waals surface area contributed by atoms with Gasteiger partial charge in [0.15, 0.2) is 23.2 Å². The van der Waals surface area contributed by atoms with E-state index in [4.69, 9.17) is 4.74 Å². The maximum Gasteiger partial charge on any atom is 0.201 e. The molecule has 4 rings (SSSR count). The number of allylic oxidation sites excluding steroid dienone is 2. The molecule has 0 saturated carbocycles. The normalized spacial score (nSPS) is 15.6. The Labute approximate surface area is 203 Å². The van der Waals surface area contributed by atoms with Crippen molar-refractivity contribution in [3.63, 3.8) is 0 Å². The van der Waals surface area contributed by atoms with E-state index in [1.165, 1.54) is 18.2 Å². The zero-order chi connectivity index (χ0) is 24.9. The SMILES string of the molecule is C=CCOc1ccc(C2=CCC(CCc3ccc(-c4ccc(C)cc4)c(F)c3F)CC2)c(F)c1F. The van der Waals surface area contributed by atoms with E-state index in [9.17, 15) is 17.6 Å². The lowest BCUT2D eigenvalue weighted by atomic mass is 9.83. The molecule has 0 N–H and O–H groups in total. The molecule has 0 spiro atoms. The number of hydrogen-bond donors (Lipinski definition) is 0. The Hall–Kier alpha value is -3.34. The molecular weight excluding hydrogens is 452 g/mol. The number of benzene rings is 3. The molecule has 1 unspecified atom stereocenters. The van der Waals surface area contributed by atoms with Gasteiger partial charge in [0.25, 0.3) is 0 Å². The van der Waals surface area contributed by atoms with Gasteiger partial charge < -0.3 is 4.74 Å². The van der Waals surface area contributed by atoms with Crippen molar-refractivity contribution >= 4 is 5.57 Å². The topological polar surface area (TPSA) is 9.23 Å². The maximum absolute atomic E-state index is 14.8. The maximum atomic E-state index is 14.8. The molecule has 1 nitrogen and oxygen atoms in total. The summed E-state index contributed by atoms with van der Waals surface area (Å²) in [4.78, 5) is 0. The lowest BCUT2D eigenvalue weighted by Gasteiger charge is -2.23. The molecule has 0 aromatic heterocycles. The van der Waals surface area contributed by atoms with E-state index in [-0.39, 0.29) is 29.4 Å². The molecule has 0 amide bonds. The summed E-state index contributed by atoms with van der Waals surface area (Å²) in [5.41, 5.74) is 3.31. The average molecular weight is 481 g/mol. The van der Waals surface area contributed by atoms with Crippen molar-refractivity contribution < 1.29 is 22.3 Å².